The number of aliphatic hydroxyl groups is 1. The molecule has 0 saturated heterocycles. The van der Waals surface area contributed by atoms with E-state index in [-0.39, 0.29) is 0 Å². The average molecular weight is 283 g/mol. The van der Waals surface area contributed by atoms with Gasteiger partial charge in [0.15, 0.2) is 0 Å². The predicted octanol–water partition coefficient (Wildman–Crippen LogP) is 4.84. The highest BCUT2D eigenvalue weighted by atomic mass is 35.5. The first-order valence-electron chi connectivity index (χ1n) is 5.47. The molecule has 2 nitrogen and oxygen atoms in total. The summed E-state index contributed by atoms with van der Waals surface area (Å²) in [6.45, 7) is 1.69. The summed E-state index contributed by atoms with van der Waals surface area (Å²) in [5, 5.41) is 10.7. The zero-order valence-corrected chi connectivity index (χ0v) is 11.2. The number of ether oxygens (including phenoxy) is 1. The molecule has 1 unspecified atom stereocenters. The van der Waals surface area contributed by atoms with E-state index in [1.54, 1.807) is 31.2 Å². The van der Waals surface area contributed by atoms with E-state index in [4.69, 9.17) is 27.9 Å². The van der Waals surface area contributed by atoms with E-state index in [0.717, 1.165) is 0 Å². The lowest BCUT2D eigenvalue weighted by Gasteiger charge is -2.13. The Balaban J connectivity index is 2.34. The Morgan fingerprint density at radius 1 is 1.06 bits per heavy atom. The standard InChI is InChI=1S/C14H12Cl2O2/c1-9(17)13-4-2-3-5-14(13)18-12-7-10(15)6-11(16)8-12/h2-9,17H,1H3. The van der Waals surface area contributed by atoms with E-state index in [2.05, 4.69) is 0 Å². The Bertz CT molecular complexity index is 533. The van der Waals surface area contributed by atoms with Crippen LogP contribution in [0.4, 0.5) is 0 Å². The van der Waals surface area contributed by atoms with Gasteiger partial charge < -0.3 is 9.84 Å². The van der Waals surface area contributed by atoms with E-state index < -0.39 is 6.10 Å². The molecule has 0 aliphatic carbocycles. The minimum atomic E-state index is -0.601. The second-order valence-electron chi connectivity index (χ2n) is 3.92. The summed E-state index contributed by atoms with van der Waals surface area (Å²) in [6.07, 6.45) is -0.601. The van der Waals surface area contributed by atoms with E-state index in [1.165, 1.54) is 0 Å². The number of hydrogen-bond donors (Lipinski definition) is 1. The zero-order chi connectivity index (χ0) is 13.1. The number of halogens is 2. The molecule has 18 heavy (non-hydrogen) atoms. The van der Waals surface area contributed by atoms with Crippen molar-refractivity contribution in [3.05, 3.63) is 58.1 Å². The SMILES string of the molecule is CC(O)c1ccccc1Oc1cc(Cl)cc(Cl)c1. The van der Waals surface area contributed by atoms with Crippen LogP contribution >= 0.6 is 23.2 Å². The first kappa shape index (κ1) is 13.2. The van der Waals surface area contributed by atoms with Crippen LogP contribution in [0, 0.1) is 0 Å². The van der Waals surface area contributed by atoms with Gasteiger partial charge in [-0.1, -0.05) is 41.4 Å². The minimum absolute atomic E-state index is 0.507. The van der Waals surface area contributed by atoms with Crippen molar-refractivity contribution in [3.8, 4) is 11.5 Å². The second kappa shape index (κ2) is 5.61. The molecule has 0 spiro atoms. The molecule has 2 rings (SSSR count). The van der Waals surface area contributed by atoms with Crippen LogP contribution in [0.5, 0.6) is 11.5 Å². The molecule has 0 radical (unpaired) electrons. The number of aliphatic hydroxyl groups excluding tert-OH is 1. The Morgan fingerprint density at radius 2 is 1.67 bits per heavy atom. The molecule has 1 atom stereocenters. The Labute approximate surface area is 116 Å². The van der Waals surface area contributed by atoms with Crippen LogP contribution in [0.25, 0.3) is 0 Å². The van der Waals surface area contributed by atoms with Gasteiger partial charge in [0.05, 0.1) is 6.10 Å². The fourth-order valence-electron chi connectivity index (χ4n) is 1.63. The molecule has 0 aromatic heterocycles. The molecule has 0 aliphatic heterocycles. The molecule has 0 amide bonds. The van der Waals surface area contributed by atoms with Crippen LogP contribution < -0.4 is 4.74 Å². The van der Waals surface area contributed by atoms with Gasteiger partial charge in [-0.2, -0.15) is 0 Å². The lowest BCUT2D eigenvalue weighted by atomic mass is 10.1. The molecule has 1 N–H and O–H groups in total. The van der Waals surface area contributed by atoms with Crippen molar-refractivity contribution in [1.29, 1.82) is 0 Å². The molecule has 0 fully saturated rings. The highest BCUT2D eigenvalue weighted by molar-refractivity contribution is 6.34. The molecule has 0 bridgehead atoms. The lowest BCUT2D eigenvalue weighted by molar-refractivity contribution is 0.195. The van der Waals surface area contributed by atoms with Crippen molar-refractivity contribution >= 4 is 23.2 Å². The number of rotatable bonds is 3. The van der Waals surface area contributed by atoms with Crippen LogP contribution in [0.15, 0.2) is 42.5 Å². The molecule has 2 aromatic carbocycles. The summed E-state index contributed by atoms with van der Waals surface area (Å²) in [6, 6.07) is 12.3. The highest BCUT2D eigenvalue weighted by Gasteiger charge is 2.09. The Morgan fingerprint density at radius 3 is 2.28 bits per heavy atom. The van der Waals surface area contributed by atoms with E-state index in [0.29, 0.717) is 27.1 Å². The molecule has 0 heterocycles. The normalized spacial score (nSPS) is 12.2. The van der Waals surface area contributed by atoms with Crippen molar-refractivity contribution in [2.75, 3.05) is 0 Å². The van der Waals surface area contributed by atoms with Gasteiger partial charge in [0.1, 0.15) is 11.5 Å². The van der Waals surface area contributed by atoms with Crippen molar-refractivity contribution in [2.45, 2.75) is 13.0 Å². The molecule has 0 aliphatic rings. The van der Waals surface area contributed by atoms with Gasteiger partial charge in [0.25, 0.3) is 0 Å². The maximum absolute atomic E-state index is 9.66. The fraction of sp³-hybridized carbons (Fsp3) is 0.143. The number of para-hydroxylation sites is 1. The summed E-state index contributed by atoms with van der Waals surface area (Å²) in [5.74, 6) is 1.13. The average Bonchev–Trinajstić information content (AvgIpc) is 2.27. The quantitative estimate of drug-likeness (QED) is 0.873. The summed E-state index contributed by atoms with van der Waals surface area (Å²) in [5.41, 5.74) is 0.716. The topological polar surface area (TPSA) is 29.5 Å². The summed E-state index contributed by atoms with van der Waals surface area (Å²) in [4.78, 5) is 0. The van der Waals surface area contributed by atoms with Crippen LogP contribution in [0.3, 0.4) is 0 Å². The second-order valence-corrected chi connectivity index (χ2v) is 4.79. The highest BCUT2D eigenvalue weighted by Crippen LogP contribution is 2.32. The minimum Gasteiger partial charge on any atom is -0.457 e. The Kier molecular flexibility index (Phi) is 4.12. The summed E-state index contributed by atoms with van der Waals surface area (Å²) >= 11 is 11.8. The predicted molar refractivity (Wildman–Crippen MR) is 73.6 cm³/mol. The molecule has 4 heteroatoms. The van der Waals surface area contributed by atoms with Gasteiger partial charge in [-0.3, -0.25) is 0 Å². The third-order valence-corrected chi connectivity index (χ3v) is 2.87. The monoisotopic (exact) mass is 282 g/mol. The third kappa shape index (κ3) is 3.16. The Hall–Kier alpha value is -1.22. The smallest absolute Gasteiger partial charge is 0.133 e. The maximum Gasteiger partial charge on any atom is 0.133 e. The lowest BCUT2D eigenvalue weighted by Crippen LogP contribution is -1.95. The van der Waals surface area contributed by atoms with E-state index >= 15 is 0 Å². The number of benzene rings is 2. The summed E-state index contributed by atoms with van der Waals surface area (Å²) < 4.78 is 5.70. The van der Waals surface area contributed by atoms with Crippen LogP contribution in [-0.2, 0) is 0 Å². The zero-order valence-electron chi connectivity index (χ0n) is 9.73. The van der Waals surface area contributed by atoms with Crippen molar-refractivity contribution in [2.24, 2.45) is 0 Å². The maximum atomic E-state index is 9.66. The summed E-state index contributed by atoms with van der Waals surface area (Å²) in [7, 11) is 0. The van der Waals surface area contributed by atoms with Gasteiger partial charge in [0.2, 0.25) is 0 Å². The fourth-order valence-corrected chi connectivity index (χ4v) is 2.14. The van der Waals surface area contributed by atoms with E-state index in [1.807, 2.05) is 18.2 Å². The van der Waals surface area contributed by atoms with Crippen LogP contribution in [0.1, 0.15) is 18.6 Å². The van der Waals surface area contributed by atoms with Gasteiger partial charge >= 0.3 is 0 Å². The molecule has 2 aromatic rings. The largest absolute Gasteiger partial charge is 0.457 e. The molecular formula is C14H12Cl2O2. The van der Waals surface area contributed by atoms with Crippen molar-refractivity contribution in [1.82, 2.24) is 0 Å². The van der Waals surface area contributed by atoms with Gasteiger partial charge in [0, 0.05) is 15.6 Å². The first-order valence-corrected chi connectivity index (χ1v) is 6.23. The van der Waals surface area contributed by atoms with Crippen molar-refractivity contribution < 1.29 is 9.84 Å². The van der Waals surface area contributed by atoms with Crippen LogP contribution in [-0.4, -0.2) is 5.11 Å². The van der Waals surface area contributed by atoms with Crippen LogP contribution in [0.2, 0.25) is 10.0 Å². The van der Waals surface area contributed by atoms with E-state index in [9.17, 15) is 5.11 Å². The van der Waals surface area contributed by atoms with Crippen molar-refractivity contribution in [3.63, 3.8) is 0 Å². The molecular weight excluding hydrogens is 271 g/mol. The molecule has 0 saturated carbocycles. The van der Waals surface area contributed by atoms with Gasteiger partial charge in [-0.05, 0) is 31.2 Å². The van der Waals surface area contributed by atoms with Gasteiger partial charge in [-0.25, -0.2) is 0 Å². The number of hydrogen-bond acceptors (Lipinski definition) is 2. The van der Waals surface area contributed by atoms with Gasteiger partial charge in [-0.15, -0.1) is 0 Å². The molecule has 94 valence electrons. The third-order valence-electron chi connectivity index (χ3n) is 2.43. The first-order chi connectivity index (χ1) is 8.56.